The molecule has 35 heavy (non-hydrogen) atoms. The van der Waals surface area contributed by atoms with Crippen LogP contribution in [-0.4, -0.2) is 24.1 Å². The average molecular weight is 503 g/mol. The summed E-state index contributed by atoms with van der Waals surface area (Å²) in [6.45, 7) is 1.17. The highest BCUT2D eigenvalue weighted by Crippen LogP contribution is 2.36. The van der Waals surface area contributed by atoms with E-state index in [4.69, 9.17) is 4.74 Å². The summed E-state index contributed by atoms with van der Waals surface area (Å²) in [4.78, 5) is 23.6. The fraction of sp³-hybridized carbons (Fsp3) is 0.391. The lowest BCUT2D eigenvalue weighted by molar-refractivity contribution is -0.138. The predicted molar refractivity (Wildman–Crippen MR) is 116 cm³/mol. The third-order valence-corrected chi connectivity index (χ3v) is 5.37. The number of hydrogen-bond acceptors (Lipinski definition) is 3. The summed E-state index contributed by atoms with van der Waals surface area (Å²) in [6, 6.07) is 6.19. The Morgan fingerprint density at radius 1 is 0.857 bits per heavy atom. The molecule has 1 fully saturated rings. The Kier molecular flexibility index (Phi) is 7.81. The molecule has 0 spiro atoms. The summed E-state index contributed by atoms with van der Waals surface area (Å²) >= 11 is 0. The van der Waals surface area contributed by atoms with Crippen molar-refractivity contribution < 1.29 is 40.7 Å². The molecule has 0 saturated heterocycles. The Balaban J connectivity index is 1.55. The van der Waals surface area contributed by atoms with E-state index in [-0.39, 0.29) is 29.3 Å². The van der Waals surface area contributed by atoms with Crippen LogP contribution >= 0.6 is 0 Å². The number of amides is 3. The Morgan fingerprint density at radius 3 is 2.09 bits per heavy atom. The lowest BCUT2D eigenvalue weighted by atomic mass is 9.93. The third-order valence-electron chi connectivity index (χ3n) is 5.37. The van der Waals surface area contributed by atoms with Gasteiger partial charge in [0.05, 0.1) is 22.9 Å². The molecule has 1 aliphatic carbocycles. The molecule has 12 heteroatoms. The highest BCUT2D eigenvalue weighted by Gasteiger charge is 2.32. The average Bonchev–Trinajstić information content (AvgIpc) is 2.74. The second kappa shape index (κ2) is 10.4. The Morgan fingerprint density at radius 2 is 1.49 bits per heavy atom. The molecule has 0 aromatic heterocycles. The van der Waals surface area contributed by atoms with Gasteiger partial charge in [-0.25, -0.2) is 4.79 Å². The lowest BCUT2D eigenvalue weighted by Gasteiger charge is -2.30. The molecule has 0 atom stereocenters. The van der Waals surface area contributed by atoms with E-state index in [9.17, 15) is 35.9 Å². The quantitative estimate of drug-likeness (QED) is 0.426. The van der Waals surface area contributed by atoms with E-state index in [1.165, 1.54) is 19.1 Å². The zero-order chi connectivity index (χ0) is 25.8. The fourth-order valence-electron chi connectivity index (χ4n) is 3.73. The lowest BCUT2D eigenvalue weighted by Crippen LogP contribution is -2.41. The van der Waals surface area contributed by atoms with E-state index >= 15 is 0 Å². The zero-order valence-electron chi connectivity index (χ0n) is 18.5. The molecule has 3 rings (SSSR count). The minimum Gasteiger partial charge on any atom is -0.488 e. The van der Waals surface area contributed by atoms with Crippen LogP contribution in [0.4, 0.5) is 42.5 Å². The molecule has 0 bridgehead atoms. The largest absolute Gasteiger partial charge is 0.488 e. The van der Waals surface area contributed by atoms with E-state index in [0.717, 1.165) is 30.3 Å². The number of rotatable bonds is 5. The van der Waals surface area contributed by atoms with Crippen molar-refractivity contribution in [3.63, 3.8) is 0 Å². The molecule has 6 nitrogen and oxygen atoms in total. The second-order valence-corrected chi connectivity index (χ2v) is 8.16. The molecule has 0 aliphatic heterocycles. The van der Waals surface area contributed by atoms with Crippen LogP contribution in [0.2, 0.25) is 0 Å². The number of benzene rings is 2. The first-order valence-corrected chi connectivity index (χ1v) is 10.7. The number of urea groups is 1. The number of carbonyl (C=O) groups is 2. The summed E-state index contributed by atoms with van der Waals surface area (Å²) in [5, 5.41) is 7.43. The van der Waals surface area contributed by atoms with Gasteiger partial charge in [-0.2, -0.15) is 26.3 Å². The maximum absolute atomic E-state index is 13.0. The van der Waals surface area contributed by atoms with Crippen molar-refractivity contribution in [3.8, 4) is 5.75 Å². The first kappa shape index (κ1) is 26.2. The molecular weight excluding hydrogens is 480 g/mol. The van der Waals surface area contributed by atoms with E-state index in [2.05, 4.69) is 16.0 Å². The Hall–Kier alpha value is -3.44. The summed E-state index contributed by atoms with van der Waals surface area (Å²) < 4.78 is 83.3. The molecular formula is C23H23F6N3O3. The molecule has 1 saturated carbocycles. The summed E-state index contributed by atoms with van der Waals surface area (Å²) in [5.74, 6) is -0.444. The van der Waals surface area contributed by atoms with Crippen LogP contribution in [-0.2, 0) is 17.1 Å². The van der Waals surface area contributed by atoms with Gasteiger partial charge in [-0.15, -0.1) is 0 Å². The predicted octanol–water partition coefficient (Wildman–Crippen LogP) is 6.19. The Labute approximate surface area is 197 Å². The van der Waals surface area contributed by atoms with Crippen molar-refractivity contribution in [2.45, 2.75) is 57.1 Å². The van der Waals surface area contributed by atoms with Crippen LogP contribution in [0.1, 0.15) is 43.7 Å². The topological polar surface area (TPSA) is 79.5 Å². The van der Waals surface area contributed by atoms with Gasteiger partial charge >= 0.3 is 18.4 Å². The number of anilines is 2. The second-order valence-electron chi connectivity index (χ2n) is 8.16. The van der Waals surface area contributed by atoms with Crippen molar-refractivity contribution in [2.75, 3.05) is 10.6 Å². The first-order valence-electron chi connectivity index (χ1n) is 10.7. The number of nitrogens with one attached hydrogen (secondary N) is 3. The minimum absolute atomic E-state index is 0.00199. The van der Waals surface area contributed by atoms with Crippen LogP contribution in [0.25, 0.3) is 0 Å². The number of hydrogen-bond donors (Lipinski definition) is 3. The van der Waals surface area contributed by atoms with E-state index < -0.39 is 35.4 Å². The van der Waals surface area contributed by atoms with Gasteiger partial charge in [0.15, 0.2) is 0 Å². The molecule has 1 aliphatic rings. The van der Waals surface area contributed by atoms with Gasteiger partial charge < -0.3 is 20.7 Å². The van der Waals surface area contributed by atoms with Gasteiger partial charge in [0, 0.05) is 18.7 Å². The van der Waals surface area contributed by atoms with Crippen LogP contribution in [0, 0.1) is 0 Å². The van der Waals surface area contributed by atoms with Gasteiger partial charge in [0.2, 0.25) is 5.91 Å². The summed E-state index contributed by atoms with van der Waals surface area (Å²) in [7, 11) is 0. The molecule has 0 radical (unpaired) electrons. The molecule has 2 aromatic rings. The Bertz CT molecular complexity index is 1060. The molecule has 190 valence electrons. The van der Waals surface area contributed by atoms with E-state index in [0.29, 0.717) is 25.7 Å². The third kappa shape index (κ3) is 7.52. The fourth-order valence-corrected chi connectivity index (χ4v) is 3.73. The standard InChI is InChI=1S/C23H23F6N3O3/c1-13(33)30-19-12-15(23(27,28)29)5-10-20(19)35-18-8-6-16(7-9-18)31-21(34)32-17-4-2-3-14(11-17)22(24,25)26/h2-5,10-12,16,18H,6-9H2,1H3,(H,30,33)(H2,31,32,34)/t16-,18-. The first-order chi connectivity index (χ1) is 16.3. The van der Waals surface area contributed by atoms with Crippen LogP contribution in [0.3, 0.4) is 0 Å². The molecule has 0 unspecified atom stereocenters. The minimum atomic E-state index is -4.58. The molecule has 0 heterocycles. The van der Waals surface area contributed by atoms with Crippen LogP contribution in [0.15, 0.2) is 42.5 Å². The van der Waals surface area contributed by atoms with Crippen LogP contribution in [0.5, 0.6) is 5.75 Å². The van der Waals surface area contributed by atoms with Gasteiger partial charge in [0.25, 0.3) is 0 Å². The van der Waals surface area contributed by atoms with E-state index in [1.807, 2.05) is 0 Å². The maximum Gasteiger partial charge on any atom is 0.416 e. The summed E-state index contributed by atoms with van der Waals surface area (Å²) in [5.41, 5.74) is -1.89. The monoisotopic (exact) mass is 503 g/mol. The molecule has 2 aromatic carbocycles. The van der Waals surface area contributed by atoms with Crippen molar-refractivity contribution in [1.29, 1.82) is 0 Å². The number of halogens is 6. The van der Waals surface area contributed by atoms with Crippen molar-refractivity contribution in [2.24, 2.45) is 0 Å². The van der Waals surface area contributed by atoms with Gasteiger partial charge in [-0.1, -0.05) is 6.07 Å². The van der Waals surface area contributed by atoms with Crippen molar-refractivity contribution in [3.05, 3.63) is 53.6 Å². The maximum atomic E-state index is 13.0. The highest BCUT2D eigenvalue weighted by molar-refractivity contribution is 5.90. The smallest absolute Gasteiger partial charge is 0.416 e. The molecule has 3 N–H and O–H groups in total. The number of ether oxygens (including phenoxy) is 1. The highest BCUT2D eigenvalue weighted by atomic mass is 19.4. The van der Waals surface area contributed by atoms with Gasteiger partial charge in [0.1, 0.15) is 5.75 Å². The van der Waals surface area contributed by atoms with Crippen molar-refractivity contribution in [1.82, 2.24) is 5.32 Å². The SMILES string of the molecule is CC(=O)Nc1cc(C(F)(F)F)ccc1O[C@H]1CC[C@H](NC(=O)Nc2cccc(C(F)(F)F)c2)CC1. The van der Waals surface area contributed by atoms with Crippen molar-refractivity contribution >= 4 is 23.3 Å². The van der Waals surface area contributed by atoms with E-state index in [1.54, 1.807) is 0 Å². The molecule has 3 amide bonds. The summed E-state index contributed by atoms with van der Waals surface area (Å²) in [6.07, 6.45) is -7.56. The number of alkyl halides is 6. The zero-order valence-corrected chi connectivity index (χ0v) is 18.5. The van der Waals surface area contributed by atoms with Crippen LogP contribution < -0.4 is 20.7 Å². The normalized spacial score (nSPS) is 18.5. The number of carbonyl (C=O) groups excluding carboxylic acids is 2. The van der Waals surface area contributed by atoms with Gasteiger partial charge in [-0.3, -0.25) is 4.79 Å². The van der Waals surface area contributed by atoms with Gasteiger partial charge in [-0.05, 0) is 62.1 Å².